The van der Waals surface area contributed by atoms with E-state index in [2.05, 4.69) is 6.92 Å². The topological polar surface area (TPSA) is 68.3 Å². The Bertz CT molecular complexity index is 879. The number of fused-ring (bicyclic) bond motifs is 1. The molecule has 0 bridgehead atoms. The van der Waals surface area contributed by atoms with Crippen molar-refractivity contribution >= 4 is 11.7 Å². The number of ether oxygens (including phenoxy) is 3. The van der Waals surface area contributed by atoms with Crippen molar-refractivity contribution < 1.29 is 23.8 Å². The van der Waals surface area contributed by atoms with Crippen LogP contribution in [0.2, 0.25) is 0 Å². The minimum atomic E-state index is -0.425. The molecule has 1 amide bonds. The fourth-order valence-electron chi connectivity index (χ4n) is 4.94. The molecule has 0 spiro atoms. The van der Waals surface area contributed by atoms with E-state index in [9.17, 15) is 9.59 Å². The fourth-order valence-corrected chi connectivity index (χ4v) is 4.94. The smallest absolute Gasteiger partial charge is 0.290 e. The molecule has 1 aromatic carbocycles. The van der Waals surface area contributed by atoms with Crippen LogP contribution in [0.15, 0.2) is 35.6 Å². The monoisotopic (exact) mass is 442 g/mol. The van der Waals surface area contributed by atoms with E-state index < -0.39 is 6.04 Å². The van der Waals surface area contributed by atoms with Gasteiger partial charge in [0.15, 0.2) is 11.5 Å². The summed E-state index contributed by atoms with van der Waals surface area (Å²) < 4.78 is 17.5. The Labute approximate surface area is 190 Å². The maximum absolute atomic E-state index is 13.7. The lowest BCUT2D eigenvalue weighted by Gasteiger charge is -2.38. The molecule has 1 aliphatic carbocycles. The molecule has 7 heteroatoms. The van der Waals surface area contributed by atoms with Crippen LogP contribution < -0.4 is 4.74 Å². The second-order valence-corrected chi connectivity index (χ2v) is 9.16. The first-order chi connectivity index (χ1) is 15.4. The maximum Gasteiger partial charge on any atom is 0.290 e. The number of benzene rings is 1. The number of hydrogen-bond acceptors (Lipinski definition) is 6. The Hall–Kier alpha value is -2.38. The lowest BCUT2D eigenvalue weighted by Crippen LogP contribution is -2.43. The Kier molecular flexibility index (Phi) is 6.86. The molecular weight excluding hydrogens is 408 g/mol. The molecule has 174 valence electrons. The highest BCUT2D eigenvalue weighted by atomic mass is 16.5. The minimum Gasteiger partial charge on any atom is -0.494 e. The van der Waals surface area contributed by atoms with E-state index >= 15 is 0 Å². The summed E-state index contributed by atoms with van der Waals surface area (Å²) in [6.07, 6.45) is 2.92. The third-order valence-electron chi connectivity index (χ3n) is 6.69. The number of likely N-dealkylation sites (N-methyl/N-ethyl adjacent to an activating group) is 1. The first-order valence-electron chi connectivity index (χ1n) is 11.6. The zero-order valence-corrected chi connectivity index (χ0v) is 19.5. The van der Waals surface area contributed by atoms with Crippen LogP contribution in [0.1, 0.15) is 44.2 Å². The van der Waals surface area contributed by atoms with Crippen LogP contribution in [0.5, 0.6) is 5.75 Å². The molecule has 1 saturated carbocycles. The number of nitrogens with zero attached hydrogens (tertiary/aromatic N) is 2. The highest BCUT2D eigenvalue weighted by Gasteiger charge is 2.52. The highest BCUT2D eigenvalue weighted by Crippen LogP contribution is 2.47. The Morgan fingerprint density at radius 3 is 2.56 bits per heavy atom. The molecule has 2 aliphatic heterocycles. The van der Waals surface area contributed by atoms with Gasteiger partial charge in [-0.25, -0.2) is 0 Å². The first kappa shape index (κ1) is 22.8. The summed E-state index contributed by atoms with van der Waals surface area (Å²) in [5, 5.41) is 0. The molecule has 0 radical (unpaired) electrons. The van der Waals surface area contributed by atoms with Crippen molar-refractivity contribution in [1.29, 1.82) is 0 Å². The van der Waals surface area contributed by atoms with E-state index in [1.54, 1.807) is 12.0 Å². The van der Waals surface area contributed by atoms with Crippen LogP contribution in [-0.4, -0.2) is 74.6 Å². The third kappa shape index (κ3) is 4.28. The number of hydrogen-bond donors (Lipinski definition) is 0. The average molecular weight is 443 g/mol. The number of carbonyl (C=O) groups excluding carboxylic acids is 2. The summed E-state index contributed by atoms with van der Waals surface area (Å²) in [5.41, 5.74) is 1.43. The molecule has 4 atom stereocenters. The van der Waals surface area contributed by atoms with E-state index in [0.717, 1.165) is 30.6 Å². The van der Waals surface area contributed by atoms with Crippen LogP contribution in [0.4, 0.5) is 0 Å². The van der Waals surface area contributed by atoms with Gasteiger partial charge in [-0.05, 0) is 51.1 Å². The molecule has 0 saturated heterocycles. The standard InChI is InChI=1S/C25H34N2O5/c1-5-14-31-17-8-6-16(7-9-17)22-21-23(28)19-11-10-18(30-4)15-20(19)32-24(21)25(29)27(22)13-12-26(2)3/h6-9,18-20,22H,5,10-15H2,1-4H3. The Balaban J connectivity index is 1.67. The van der Waals surface area contributed by atoms with Crippen LogP contribution in [-0.2, 0) is 19.1 Å². The highest BCUT2D eigenvalue weighted by molar-refractivity contribution is 6.11. The quantitative estimate of drug-likeness (QED) is 0.617. The van der Waals surface area contributed by atoms with Gasteiger partial charge in [0.2, 0.25) is 0 Å². The van der Waals surface area contributed by atoms with Crippen molar-refractivity contribution in [2.75, 3.05) is 40.9 Å². The minimum absolute atomic E-state index is 0.0582. The molecule has 3 aliphatic rings. The summed E-state index contributed by atoms with van der Waals surface area (Å²) >= 11 is 0. The zero-order valence-electron chi connectivity index (χ0n) is 19.5. The van der Waals surface area contributed by atoms with Crippen molar-refractivity contribution in [3.05, 3.63) is 41.2 Å². The predicted octanol–water partition coefficient (Wildman–Crippen LogP) is 2.96. The lowest BCUT2D eigenvalue weighted by atomic mass is 9.76. The number of carbonyl (C=O) groups is 2. The third-order valence-corrected chi connectivity index (χ3v) is 6.69. The van der Waals surface area contributed by atoms with Crippen molar-refractivity contribution in [2.45, 2.75) is 50.9 Å². The Morgan fingerprint density at radius 1 is 1.16 bits per heavy atom. The van der Waals surface area contributed by atoms with Gasteiger partial charge in [-0.15, -0.1) is 0 Å². The van der Waals surface area contributed by atoms with E-state index in [0.29, 0.717) is 31.7 Å². The van der Waals surface area contributed by atoms with Crippen molar-refractivity contribution in [3.8, 4) is 5.75 Å². The van der Waals surface area contributed by atoms with Gasteiger partial charge in [0.05, 0.1) is 30.2 Å². The second-order valence-electron chi connectivity index (χ2n) is 9.16. The number of amides is 1. The summed E-state index contributed by atoms with van der Waals surface area (Å²) in [6, 6.07) is 7.33. The second kappa shape index (κ2) is 9.63. The predicted molar refractivity (Wildman–Crippen MR) is 120 cm³/mol. The van der Waals surface area contributed by atoms with Crippen molar-refractivity contribution in [3.63, 3.8) is 0 Å². The van der Waals surface area contributed by atoms with E-state index in [1.165, 1.54) is 0 Å². The van der Waals surface area contributed by atoms with Gasteiger partial charge >= 0.3 is 0 Å². The van der Waals surface area contributed by atoms with Crippen LogP contribution >= 0.6 is 0 Å². The molecule has 2 heterocycles. The van der Waals surface area contributed by atoms with Crippen LogP contribution in [0.3, 0.4) is 0 Å². The molecular formula is C25H34N2O5. The average Bonchev–Trinajstić information content (AvgIpc) is 3.08. The van der Waals surface area contributed by atoms with Gasteiger partial charge in [-0.2, -0.15) is 0 Å². The SMILES string of the molecule is CCCOc1ccc(C2C3=C(OC4CC(OC)CCC4C3=O)C(=O)N2CCN(C)C)cc1. The summed E-state index contributed by atoms with van der Waals surface area (Å²) in [6.45, 7) is 3.94. The largest absolute Gasteiger partial charge is 0.494 e. The maximum atomic E-state index is 13.7. The van der Waals surface area contributed by atoms with E-state index in [1.807, 2.05) is 43.3 Å². The zero-order chi connectivity index (χ0) is 22.8. The van der Waals surface area contributed by atoms with Gasteiger partial charge in [0, 0.05) is 26.6 Å². The summed E-state index contributed by atoms with van der Waals surface area (Å²) in [4.78, 5) is 30.9. The number of methoxy groups -OCH3 is 1. The first-order valence-corrected chi connectivity index (χ1v) is 11.6. The number of rotatable bonds is 8. The molecule has 0 N–H and O–H groups in total. The molecule has 4 rings (SSSR count). The number of ketones is 1. The molecule has 4 unspecified atom stereocenters. The normalized spacial score (nSPS) is 27.5. The Morgan fingerprint density at radius 2 is 1.91 bits per heavy atom. The van der Waals surface area contributed by atoms with Gasteiger partial charge in [0.1, 0.15) is 11.9 Å². The molecule has 1 fully saturated rings. The van der Waals surface area contributed by atoms with Crippen molar-refractivity contribution in [2.24, 2.45) is 5.92 Å². The van der Waals surface area contributed by atoms with E-state index in [-0.39, 0.29) is 35.6 Å². The molecule has 32 heavy (non-hydrogen) atoms. The fraction of sp³-hybridized carbons (Fsp3) is 0.600. The van der Waals surface area contributed by atoms with Gasteiger partial charge in [-0.1, -0.05) is 19.1 Å². The summed E-state index contributed by atoms with van der Waals surface area (Å²) in [5.74, 6) is 0.685. The summed E-state index contributed by atoms with van der Waals surface area (Å²) in [7, 11) is 5.64. The van der Waals surface area contributed by atoms with Gasteiger partial charge in [0.25, 0.3) is 5.91 Å². The van der Waals surface area contributed by atoms with Crippen LogP contribution in [0.25, 0.3) is 0 Å². The van der Waals surface area contributed by atoms with E-state index in [4.69, 9.17) is 14.2 Å². The molecule has 0 aromatic heterocycles. The van der Waals surface area contributed by atoms with Crippen molar-refractivity contribution in [1.82, 2.24) is 9.80 Å². The van der Waals surface area contributed by atoms with Crippen LogP contribution in [0, 0.1) is 5.92 Å². The van der Waals surface area contributed by atoms with Gasteiger partial charge < -0.3 is 24.0 Å². The lowest BCUT2D eigenvalue weighted by molar-refractivity contribution is -0.138. The van der Waals surface area contributed by atoms with Gasteiger partial charge in [-0.3, -0.25) is 9.59 Å². The number of Topliss-reactive ketones (excluding diaryl/α,β-unsaturated/α-hetero) is 1. The molecule has 1 aromatic rings. The molecule has 7 nitrogen and oxygen atoms in total.